The van der Waals surface area contributed by atoms with Crippen molar-refractivity contribution in [1.29, 1.82) is 0 Å². The Morgan fingerprint density at radius 3 is 2.56 bits per heavy atom. The Kier molecular flexibility index (Phi) is 5.45. The van der Waals surface area contributed by atoms with E-state index in [0.29, 0.717) is 12.5 Å². The highest BCUT2D eigenvalue weighted by molar-refractivity contribution is 5.76. The number of carbonyl (C=O) groups excluding carboxylic acids is 1. The molecule has 0 spiro atoms. The molecule has 2 aliphatic rings. The number of rotatable bonds is 8. The number of nitrogens with zero attached hydrogens (tertiary/aromatic N) is 1. The van der Waals surface area contributed by atoms with Gasteiger partial charge in [0.15, 0.2) is 0 Å². The van der Waals surface area contributed by atoms with Gasteiger partial charge in [-0.15, -0.1) is 0 Å². The van der Waals surface area contributed by atoms with Crippen LogP contribution < -0.4 is 10.6 Å². The average Bonchev–Trinajstić information content (AvgIpc) is 2.98. The molecule has 0 saturated heterocycles. The van der Waals surface area contributed by atoms with Crippen molar-refractivity contribution in [2.45, 2.75) is 57.0 Å². The quantitative estimate of drug-likeness (QED) is 0.637. The second kappa shape index (κ2) is 7.10. The summed E-state index contributed by atoms with van der Waals surface area (Å²) in [6.45, 7) is 2.88. The Balaban J connectivity index is 1.43. The zero-order valence-corrected chi connectivity index (χ0v) is 11.6. The summed E-state index contributed by atoms with van der Waals surface area (Å²) in [5, 5.41) is 6.37. The van der Waals surface area contributed by atoms with E-state index in [0.717, 1.165) is 25.7 Å². The number of hydrogen-bond donors (Lipinski definition) is 2. The Labute approximate surface area is 110 Å². The molecule has 2 rings (SSSR count). The summed E-state index contributed by atoms with van der Waals surface area (Å²) in [6.07, 6.45) is 8.47. The van der Waals surface area contributed by atoms with Crippen LogP contribution in [0.2, 0.25) is 0 Å². The van der Waals surface area contributed by atoms with Crippen LogP contribution in [-0.2, 0) is 4.79 Å². The molecule has 2 saturated carbocycles. The van der Waals surface area contributed by atoms with Crippen LogP contribution in [0.4, 0.5) is 0 Å². The van der Waals surface area contributed by atoms with E-state index < -0.39 is 0 Å². The minimum Gasteiger partial charge on any atom is -0.353 e. The topological polar surface area (TPSA) is 44.4 Å². The smallest absolute Gasteiger partial charge is 0.221 e. The van der Waals surface area contributed by atoms with Gasteiger partial charge in [0.05, 0.1) is 0 Å². The summed E-state index contributed by atoms with van der Waals surface area (Å²) in [5.74, 6) is 0.203. The minimum atomic E-state index is 0.203. The molecule has 0 aliphatic heterocycles. The average molecular weight is 253 g/mol. The summed E-state index contributed by atoms with van der Waals surface area (Å²) in [6, 6.07) is 1.29. The fraction of sp³-hybridized carbons (Fsp3) is 0.929. The highest BCUT2D eigenvalue weighted by Gasteiger charge is 2.22. The number of carbonyl (C=O) groups is 1. The van der Waals surface area contributed by atoms with Crippen molar-refractivity contribution in [1.82, 2.24) is 15.5 Å². The molecule has 4 nitrogen and oxygen atoms in total. The summed E-state index contributed by atoms with van der Waals surface area (Å²) < 4.78 is 0. The maximum absolute atomic E-state index is 11.4. The van der Waals surface area contributed by atoms with E-state index in [4.69, 9.17) is 0 Å². The zero-order chi connectivity index (χ0) is 12.8. The van der Waals surface area contributed by atoms with Crippen LogP contribution in [0.15, 0.2) is 0 Å². The van der Waals surface area contributed by atoms with Gasteiger partial charge < -0.3 is 15.5 Å². The van der Waals surface area contributed by atoms with Crippen LogP contribution in [0.5, 0.6) is 0 Å². The van der Waals surface area contributed by atoms with Crippen molar-refractivity contribution in [3.63, 3.8) is 0 Å². The van der Waals surface area contributed by atoms with E-state index in [1.807, 2.05) is 0 Å². The van der Waals surface area contributed by atoms with Gasteiger partial charge in [-0.05, 0) is 32.7 Å². The Morgan fingerprint density at radius 1 is 1.17 bits per heavy atom. The standard InChI is InChI=1S/C14H27N3O/c1-17(13-4-2-3-5-13)11-10-15-9-8-14(18)16-12-6-7-12/h12-13,15H,2-11H2,1H3,(H,16,18). The van der Waals surface area contributed by atoms with Crippen molar-refractivity contribution in [3.8, 4) is 0 Å². The molecule has 2 aliphatic carbocycles. The molecule has 2 fully saturated rings. The van der Waals surface area contributed by atoms with Crippen LogP contribution in [-0.4, -0.2) is 49.6 Å². The van der Waals surface area contributed by atoms with E-state index in [9.17, 15) is 4.79 Å². The lowest BCUT2D eigenvalue weighted by atomic mass is 10.2. The lowest BCUT2D eigenvalue weighted by Gasteiger charge is -2.23. The summed E-state index contributed by atoms with van der Waals surface area (Å²) in [5.41, 5.74) is 0. The third-order valence-corrected chi connectivity index (χ3v) is 4.06. The Hall–Kier alpha value is -0.610. The fourth-order valence-corrected chi connectivity index (χ4v) is 2.64. The predicted molar refractivity (Wildman–Crippen MR) is 73.5 cm³/mol. The number of likely N-dealkylation sites (N-methyl/N-ethyl adjacent to an activating group) is 1. The van der Waals surface area contributed by atoms with Crippen LogP contribution in [0, 0.1) is 0 Å². The third kappa shape index (κ3) is 4.94. The molecular weight excluding hydrogens is 226 g/mol. The molecule has 0 atom stereocenters. The van der Waals surface area contributed by atoms with Crippen molar-refractivity contribution in [2.75, 3.05) is 26.7 Å². The summed E-state index contributed by atoms with van der Waals surface area (Å²) in [7, 11) is 2.22. The lowest BCUT2D eigenvalue weighted by molar-refractivity contribution is -0.121. The van der Waals surface area contributed by atoms with Gasteiger partial charge >= 0.3 is 0 Å². The van der Waals surface area contributed by atoms with Gasteiger partial charge in [-0.2, -0.15) is 0 Å². The molecule has 104 valence electrons. The first-order valence-corrected chi connectivity index (χ1v) is 7.46. The summed E-state index contributed by atoms with van der Waals surface area (Å²) >= 11 is 0. The van der Waals surface area contributed by atoms with Gasteiger partial charge in [-0.25, -0.2) is 0 Å². The number of hydrogen-bond acceptors (Lipinski definition) is 3. The molecule has 2 N–H and O–H groups in total. The molecular formula is C14H27N3O. The molecule has 0 aromatic carbocycles. The van der Waals surface area contributed by atoms with Gasteiger partial charge in [-0.1, -0.05) is 12.8 Å². The van der Waals surface area contributed by atoms with Crippen molar-refractivity contribution >= 4 is 5.91 Å². The van der Waals surface area contributed by atoms with E-state index in [-0.39, 0.29) is 5.91 Å². The molecule has 0 bridgehead atoms. The van der Waals surface area contributed by atoms with Gasteiger partial charge in [-0.3, -0.25) is 4.79 Å². The minimum absolute atomic E-state index is 0.203. The molecule has 1 amide bonds. The van der Waals surface area contributed by atoms with E-state index in [2.05, 4.69) is 22.6 Å². The van der Waals surface area contributed by atoms with Crippen LogP contribution in [0.25, 0.3) is 0 Å². The first kappa shape index (κ1) is 13.8. The Bertz CT molecular complexity index is 260. The van der Waals surface area contributed by atoms with Crippen LogP contribution in [0.3, 0.4) is 0 Å². The van der Waals surface area contributed by atoms with E-state index in [1.165, 1.54) is 38.5 Å². The highest BCUT2D eigenvalue weighted by atomic mass is 16.1. The predicted octanol–water partition coefficient (Wildman–Crippen LogP) is 1.12. The van der Waals surface area contributed by atoms with Crippen molar-refractivity contribution in [2.24, 2.45) is 0 Å². The Morgan fingerprint density at radius 2 is 1.89 bits per heavy atom. The summed E-state index contributed by atoms with van der Waals surface area (Å²) in [4.78, 5) is 13.9. The van der Waals surface area contributed by atoms with E-state index >= 15 is 0 Å². The van der Waals surface area contributed by atoms with Gasteiger partial charge in [0.1, 0.15) is 0 Å². The maximum atomic E-state index is 11.4. The van der Waals surface area contributed by atoms with Gasteiger partial charge in [0, 0.05) is 38.1 Å². The zero-order valence-electron chi connectivity index (χ0n) is 11.6. The normalized spacial score (nSPS) is 20.6. The molecule has 0 unspecified atom stereocenters. The maximum Gasteiger partial charge on any atom is 0.221 e. The van der Waals surface area contributed by atoms with Crippen LogP contribution in [0.1, 0.15) is 44.9 Å². The molecule has 0 aromatic heterocycles. The molecule has 0 heterocycles. The van der Waals surface area contributed by atoms with Gasteiger partial charge in [0.25, 0.3) is 0 Å². The highest BCUT2D eigenvalue weighted by Crippen LogP contribution is 2.21. The monoisotopic (exact) mass is 253 g/mol. The SMILES string of the molecule is CN(CCNCCC(=O)NC1CC1)C1CCCC1. The first-order valence-electron chi connectivity index (χ1n) is 7.46. The number of nitrogens with one attached hydrogen (secondary N) is 2. The van der Waals surface area contributed by atoms with Crippen LogP contribution >= 0.6 is 0 Å². The first-order chi connectivity index (χ1) is 8.75. The molecule has 18 heavy (non-hydrogen) atoms. The van der Waals surface area contributed by atoms with Crippen molar-refractivity contribution in [3.05, 3.63) is 0 Å². The second-order valence-electron chi connectivity index (χ2n) is 5.76. The van der Waals surface area contributed by atoms with Crippen molar-refractivity contribution < 1.29 is 4.79 Å². The molecule has 4 heteroatoms. The van der Waals surface area contributed by atoms with Gasteiger partial charge in [0.2, 0.25) is 5.91 Å². The number of amides is 1. The largest absolute Gasteiger partial charge is 0.353 e. The second-order valence-corrected chi connectivity index (χ2v) is 5.76. The fourth-order valence-electron chi connectivity index (χ4n) is 2.64. The molecule has 0 radical (unpaired) electrons. The lowest BCUT2D eigenvalue weighted by Crippen LogP contribution is -2.36. The molecule has 0 aromatic rings. The van der Waals surface area contributed by atoms with E-state index in [1.54, 1.807) is 0 Å². The third-order valence-electron chi connectivity index (χ3n) is 4.06.